The minimum absolute atomic E-state index is 0.109. The molecule has 3 aromatic carbocycles. The quantitative estimate of drug-likeness (QED) is 0.0123. The molecule has 3 aromatic rings. The monoisotopic (exact) mass is 1280 g/mol. The van der Waals surface area contributed by atoms with Crippen LogP contribution >= 0.6 is 7.82 Å². The van der Waals surface area contributed by atoms with Crippen molar-refractivity contribution in [2.75, 3.05) is 57.4 Å². The number of ether oxygens (including phenoxy) is 3. The van der Waals surface area contributed by atoms with Crippen LogP contribution in [-0.2, 0) is 72.1 Å². The maximum atomic E-state index is 14.0. The highest BCUT2D eigenvalue weighted by molar-refractivity contribution is 7.89. The number of fused-ring (bicyclic) bond motifs is 4. The molecule has 0 spiro atoms. The molecular weight excluding hydrogens is 1180 g/mol. The number of anilines is 1. The lowest BCUT2D eigenvalue weighted by atomic mass is 9.83. The van der Waals surface area contributed by atoms with Gasteiger partial charge in [0.05, 0.1) is 23.7 Å². The number of nitrogens with zero attached hydrogens (tertiary/aromatic N) is 2. The van der Waals surface area contributed by atoms with Gasteiger partial charge in [-0.25, -0.2) is 22.3 Å². The molecule has 88 heavy (non-hydrogen) atoms. The van der Waals surface area contributed by atoms with Crippen LogP contribution in [0.3, 0.4) is 0 Å². The first-order valence-electron chi connectivity index (χ1n) is 33.8. The first-order chi connectivity index (χ1) is 42.6. The predicted molar refractivity (Wildman–Crippen MR) is 346 cm³/mol. The lowest BCUT2D eigenvalue weighted by molar-refractivity contribution is -0.161. The van der Waals surface area contributed by atoms with E-state index in [1.54, 1.807) is 0 Å². The fourth-order valence-corrected chi connectivity index (χ4v) is 16.0. The Labute approximate surface area is 524 Å². The van der Waals surface area contributed by atoms with Crippen LogP contribution in [0.1, 0.15) is 246 Å². The third-order valence-electron chi connectivity index (χ3n) is 18.0. The molecule has 0 saturated carbocycles. The number of rotatable bonds is 42. The number of aryl methyl sites for hydroxylation is 1. The van der Waals surface area contributed by atoms with Crippen LogP contribution < -0.4 is 29.5 Å². The van der Waals surface area contributed by atoms with E-state index in [9.17, 15) is 40.4 Å². The lowest BCUT2D eigenvalue weighted by Gasteiger charge is -2.39. The molecule has 488 valence electrons. The molecule has 0 amide bonds. The fraction of sp³-hybridized carbons (Fsp3) is 0.662. The van der Waals surface area contributed by atoms with Gasteiger partial charge in [0.25, 0.3) is 10.1 Å². The number of unbranched alkanes of at least 4 members (excludes halogenated alkanes) is 24. The van der Waals surface area contributed by atoms with Gasteiger partial charge in [-0.15, -0.1) is 0 Å². The molecular formula is C68H101N3O14PS2+. The topological polar surface area (TPSA) is 224 Å². The van der Waals surface area contributed by atoms with Gasteiger partial charge in [-0.1, -0.05) is 174 Å². The van der Waals surface area contributed by atoms with Crippen molar-refractivity contribution in [2.24, 2.45) is 0 Å². The molecule has 1 unspecified atom stereocenters. The smallest absolute Gasteiger partial charge is 0.462 e. The van der Waals surface area contributed by atoms with Crippen LogP contribution in [0.4, 0.5) is 5.69 Å². The Balaban J connectivity index is 0.876. The highest BCUT2D eigenvalue weighted by Gasteiger charge is 2.37. The van der Waals surface area contributed by atoms with Gasteiger partial charge in [0.15, 0.2) is 12.6 Å². The van der Waals surface area contributed by atoms with E-state index in [1.165, 1.54) is 127 Å². The van der Waals surface area contributed by atoms with E-state index >= 15 is 0 Å². The molecule has 0 bridgehead atoms. The number of hydrogen-bond acceptors (Lipinski definition) is 13. The summed E-state index contributed by atoms with van der Waals surface area (Å²) in [7, 11) is -14.6. The second-order valence-corrected chi connectivity index (χ2v) is 29.6. The van der Waals surface area contributed by atoms with Gasteiger partial charge < -0.3 is 24.0 Å². The van der Waals surface area contributed by atoms with E-state index in [-0.39, 0.29) is 18.4 Å². The summed E-state index contributed by atoms with van der Waals surface area (Å²) in [5.41, 5.74) is 6.63. The standard InChI is InChI=1S/C68H100N3O14PS2/c1-3-5-7-9-11-13-15-17-19-21-23-25-27-37-62(72)81-50-54(84-63(73)38-28-26-24-22-20-18-16-14-12-10-8-6-4-2)51-83-86(74,75)82-46-41-69-87(76,77)55-39-40-56(61(49-55)88(78,79)80)64-59-47-52-33-29-42-70-44-31-35-57(65(52)70)67(59)85-68-58-36-32-45-71-43-30-34-53(66(58)71)48-60(64)68/h29,33,39-40,47-49,54,69H,3-28,30-32,34-38,41-46,50-51H2,1-2H3,(H-,74,75,78,79,80)/p+1/t54-/m1/s1. The number of esters is 2. The van der Waals surface area contributed by atoms with Gasteiger partial charge in [-0.2, -0.15) is 8.42 Å². The van der Waals surface area contributed by atoms with Crippen molar-refractivity contribution < 1.29 is 63.7 Å². The first kappa shape index (κ1) is 69.4. The molecule has 5 aliphatic rings. The Bertz CT molecular complexity index is 3270. The second kappa shape index (κ2) is 34.8. The minimum Gasteiger partial charge on any atom is -0.462 e. The average molecular weight is 1280 g/mol. The van der Waals surface area contributed by atoms with Crippen molar-refractivity contribution >= 4 is 57.2 Å². The molecule has 5 aliphatic heterocycles. The van der Waals surface area contributed by atoms with E-state index in [4.69, 9.17) is 23.3 Å². The summed E-state index contributed by atoms with van der Waals surface area (Å²) in [6, 6.07) is 7.69. The number of nitrogens with one attached hydrogen (secondary N) is 1. The Kier molecular flexibility index (Phi) is 27.5. The first-order valence-corrected chi connectivity index (χ1v) is 38.2. The van der Waals surface area contributed by atoms with Gasteiger partial charge in [0.2, 0.25) is 15.4 Å². The van der Waals surface area contributed by atoms with Crippen molar-refractivity contribution in [1.29, 1.82) is 0 Å². The molecule has 20 heteroatoms. The Morgan fingerprint density at radius 2 is 1.26 bits per heavy atom. The molecule has 17 nitrogen and oxygen atoms in total. The van der Waals surface area contributed by atoms with Crippen molar-refractivity contribution in [3.8, 4) is 11.5 Å². The van der Waals surface area contributed by atoms with Crippen LogP contribution in [0.25, 0.3) is 11.6 Å². The van der Waals surface area contributed by atoms with E-state index in [2.05, 4.69) is 46.3 Å². The largest absolute Gasteiger partial charge is 0.472 e. The SMILES string of the molecule is CCCCCCCCCCCCCCCC(=O)OC[C@H](COP(=O)(O)OCCNS(=O)(=O)c1ccc(C2=c3cc4c5c(c3Oc3c2cc2c6c3CCCN6CCC2)CCC[N+]=5CC=C4)c(S(=O)(=O)O)c1)OC(=O)CCCCCCCCCCCCCCC. The highest BCUT2D eigenvalue weighted by Crippen LogP contribution is 2.49. The second-order valence-electron chi connectivity index (χ2n) is 24.9. The number of sulfonamides is 1. The summed E-state index contributed by atoms with van der Waals surface area (Å²) >= 11 is 0. The molecule has 0 saturated heterocycles. The summed E-state index contributed by atoms with van der Waals surface area (Å²) in [4.78, 5) is 38.0. The fourth-order valence-electron chi connectivity index (χ4n) is 13.4. The Morgan fingerprint density at radius 1 is 0.682 bits per heavy atom. The van der Waals surface area contributed by atoms with Crippen molar-refractivity contribution in [1.82, 2.24) is 9.30 Å². The molecule has 0 aromatic heterocycles. The third kappa shape index (κ3) is 20.0. The number of phosphoric ester groups is 1. The molecule has 0 fully saturated rings. The number of benzene rings is 3. The zero-order chi connectivity index (χ0) is 62.4. The zero-order valence-corrected chi connectivity index (χ0v) is 55.3. The Morgan fingerprint density at radius 3 is 1.88 bits per heavy atom. The molecule has 5 heterocycles. The number of carbonyl (C=O) groups excluding carboxylic acids is 2. The molecule has 2 atom stereocenters. The van der Waals surface area contributed by atoms with Gasteiger partial charge in [0, 0.05) is 77.6 Å². The molecule has 0 aliphatic carbocycles. The normalized spacial score (nSPS) is 16.1. The molecule has 8 rings (SSSR count). The van der Waals surface area contributed by atoms with Gasteiger partial charge in [0.1, 0.15) is 29.5 Å². The van der Waals surface area contributed by atoms with E-state index in [1.807, 2.05) is 6.07 Å². The summed E-state index contributed by atoms with van der Waals surface area (Å²) in [6.45, 7) is 5.70. The average Bonchev–Trinajstić information content (AvgIpc) is 0.722. The summed E-state index contributed by atoms with van der Waals surface area (Å²) in [5.74, 6) is 0.234. The van der Waals surface area contributed by atoms with Crippen LogP contribution in [0.15, 0.2) is 46.2 Å². The van der Waals surface area contributed by atoms with Crippen LogP contribution in [0, 0.1) is 0 Å². The van der Waals surface area contributed by atoms with Gasteiger partial charge in [-0.3, -0.25) is 23.2 Å². The minimum atomic E-state index is -5.09. The Hall–Kier alpha value is -4.46. The molecule has 0 radical (unpaired) electrons. The van der Waals surface area contributed by atoms with E-state index in [0.29, 0.717) is 40.7 Å². The number of carbonyl (C=O) groups is 2. The third-order valence-corrected chi connectivity index (χ3v) is 21.3. The van der Waals surface area contributed by atoms with Crippen molar-refractivity contribution in [3.63, 3.8) is 0 Å². The summed E-state index contributed by atoms with van der Waals surface area (Å²) in [6.07, 6.45) is 38.4. The summed E-state index contributed by atoms with van der Waals surface area (Å²) in [5, 5.41) is 1.74. The maximum absolute atomic E-state index is 14.0. The van der Waals surface area contributed by atoms with Gasteiger partial charge in [-0.05, 0) is 86.9 Å². The lowest BCUT2D eigenvalue weighted by Crippen LogP contribution is -2.43. The number of phosphoric acid groups is 1. The van der Waals surface area contributed by atoms with E-state index < -0.39 is 82.2 Å². The van der Waals surface area contributed by atoms with Crippen LogP contribution in [0.5, 0.6) is 11.5 Å². The molecule has 3 N–H and O–H groups in total. The van der Waals surface area contributed by atoms with Crippen molar-refractivity contribution in [3.05, 3.63) is 80.4 Å². The number of hydrogen-bond donors (Lipinski definition) is 3. The van der Waals surface area contributed by atoms with Crippen molar-refractivity contribution in [2.45, 2.75) is 248 Å². The summed E-state index contributed by atoms with van der Waals surface area (Å²) < 4.78 is 113. The van der Waals surface area contributed by atoms with E-state index in [0.717, 1.165) is 143 Å². The van der Waals surface area contributed by atoms with Gasteiger partial charge >= 0.3 is 19.8 Å². The van der Waals surface area contributed by atoms with Crippen LogP contribution in [0.2, 0.25) is 0 Å². The maximum Gasteiger partial charge on any atom is 0.472 e. The zero-order valence-electron chi connectivity index (χ0n) is 52.8. The predicted octanol–water partition coefficient (Wildman–Crippen LogP) is 13.3. The highest BCUT2D eigenvalue weighted by atomic mass is 32.2. The van der Waals surface area contributed by atoms with Crippen LogP contribution in [-0.4, -0.2) is 96.9 Å².